The molecular weight excluding hydrogens is 315 g/mol. The standard InChI is InChI=1S/C13H12BrFN2O2/c1-17(7-8-3-2-4-19-8)13(18)9-5-12(16)11(15)6-10(9)14/h2-6H,7,16H2,1H3. The van der Waals surface area contributed by atoms with E-state index in [0.29, 0.717) is 22.3 Å². The maximum atomic E-state index is 13.2. The monoisotopic (exact) mass is 326 g/mol. The molecule has 0 aliphatic rings. The van der Waals surface area contributed by atoms with Crippen LogP contribution in [0.15, 0.2) is 39.4 Å². The van der Waals surface area contributed by atoms with E-state index in [9.17, 15) is 9.18 Å². The molecule has 0 spiro atoms. The zero-order valence-electron chi connectivity index (χ0n) is 10.2. The van der Waals surface area contributed by atoms with Crippen molar-refractivity contribution in [1.82, 2.24) is 4.90 Å². The summed E-state index contributed by atoms with van der Waals surface area (Å²) in [5.41, 5.74) is 5.73. The van der Waals surface area contributed by atoms with Crippen LogP contribution in [0.25, 0.3) is 0 Å². The van der Waals surface area contributed by atoms with Crippen molar-refractivity contribution in [3.8, 4) is 0 Å². The first-order valence-electron chi connectivity index (χ1n) is 5.51. The van der Waals surface area contributed by atoms with Crippen molar-refractivity contribution >= 4 is 27.5 Å². The molecule has 1 amide bonds. The predicted octanol–water partition coefficient (Wildman–Crippen LogP) is 3.04. The predicted molar refractivity (Wildman–Crippen MR) is 73.0 cm³/mol. The summed E-state index contributed by atoms with van der Waals surface area (Å²) in [6.45, 7) is 0.329. The van der Waals surface area contributed by atoms with Crippen molar-refractivity contribution < 1.29 is 13.6 Å². The minimum Gasteiger partial charge on any atom is -0.467 e. The van der Waals surface area contributed by atoms with Crippen LogP contribution in [-0.2, 0) is 6.54 Å². The molecule has 0 aliphatic carbocycles. The van der Waals surface area contributed by atoms with Crippen molar-refractivity contribution in [1.29, 1.82) is 0 Å². The molecule has 0 saturated heterocycles. The summed E-state index contributed by atoms with van der Waals surface area (Å²) in [6.07, 6.45) is 1.54. The van der Waals surface area contributed by atoms with Gasteiger partial charge in [0, 0.05) is 11.5 Å². The molecule has 0 radical (unpaired) electrons. The lowest BCUT2D eigenvalue weighted by Gasteiger charge is -2.17. The Hall–Kier alpha value is -1.82. The Morgan fingerprint density at radius 1 is 1.53 bits per heavy atom. The van der Waals surface area contributed by atoms with Crippen LogP contribution in [-0.4, -0.2) is 17.9 Å². The van der Waals surface area contributed by atoms with Gasteiger partial charge in [-0.25, -0.2) is 4.39 Å². The van der Waals surface area contributed by atoms with Crippen molar-refractivity contribution in [2.75, 3.05) is 12.8 Å². The topological polar surface area (TPSA) is 59.5 Å². The third kappa shape index (κ3) is 2.96. The lowest BCUT2D eigenvalue weighted by molar-refractivity contribution is 0.0774. The Labute approximate surface area is 118 Å². The molecule has 0 fully saturated rings. The van der Waals surface area contributed by atoms with E-state index in [-0.39, 0.29) is 11.6 Å². The van der Waals surface area contributed by atoms with Gasteiger partial charge in [0.15, 0.2) is 0 Å². The van der Waals surface area contributed by atoms with Gasteiger partial charge in [0.1, 0.15) is 11.6 Å². The van der Waals surface area contributed by atoms with Gasteiger partial charge in [0.25, 0.3) is 5.91 Å². The van der Waals surface area contributed by atoms with Gasteiger partial charge in [-0.05, 0) is 40.2 Å². The van der Waals surface area contributed by atoms with Gasteiger partial charge in [-0.2, -0.15) is 0 Å². The Balaban J connectivity index is 2.21. The van der Waals surface area contributed by atoms with Crippen LogP contribution in [0.5, 0.6) is 0 Å². The number of halogens is 2. The first kappa shape index (κ1) is 13.6. The van der Waals surface area contributed by atoms with Gasteiger partial charge in [0.2, 0.25) is 0 Å². The summed E-state index contributed by atoms with van der Waals surface area (Å²) in [5.74, 6) is -0.158. The van der Waals surface area contributed by atoms with Gasteiger partial charge < -0.3 is 15.1 Å². The molecular formula is C13H12BrFN2O2. The van der Waals surface area contributed by atoms with E-state index >= 15 is 0 Å². The molecule has 19 heavy (non-hydrogen) atoms. The molecule has 2 rings (SSSR count). The number of hydrogen-bond acceptors (Lipinski definition) is 3. The number of benzene rings is 1. The number of nitrogens with two attached hydrogens (primary N) is 1. The third-order valence-electron chi connectivity index (χ3n) is 2.64. The van der Waals surface area contributed by atoms with Gasteiger partial charge in [-0.15, -0.1) is 0 Å². The second kappa shape index (κ2) is 5.44. The number of carbonyl (C=O) groups excluding carboxylic acids is 1. The number of rotatable bonds is 3. The van der Waals surface area contributed by atoms with Crippen molar-refractivity contribution in [2.24, 2.45) is 0 Å². The lowest BCUT2D eigenvalue weighted by Crippen LogP contribution is -2.26. The van der Waals surface area contributed by atoms with Crippen molar-refractivity contribution in [3.05, 3.63) is 52.1 Å². The van der Waals surface area contributed by atoms with Crippen molar-refractivity contribution in [2.45, 2.75) is 6.54 Å². The molecule has 0 unspecified atom stereocenters. The highest BCUT2D eigenvalue weighted by Gasteiger charge is 2.18. The molecule has 6 heteroatoms. The highest BCUT2D eigenvalue weighted by Crippen LogP contribution is 2.24. The molecule has 4 nitrogen and oxygen atoms in total. The third-order valence-corrected chi connectivity index (χ3v) is 3.29. The van der Waals surface area contributed by atoms with Crippen LogP contribution in [0, 0.1) is 5.82 Å². The molecule has 1 heterocycles. The summed E-state index contributed by atoms with van der Waals surface area (Å²) >= 11 is 3.16. The average molecular weight is 327 g/mol. The second-order valence-electron chi connectivity index (χ2n) is 4.09. The number of hydrogen-bond donors (Lipinski definition) is 1. The molecule has 0 bridgehead atoms. The quantitative estimate of drug-likeness (QED) is 0.882. The number of anilines is 1. The first-order chi connectivity index (χ1) is 8.99. The molecule has 2 aromatic rings. The summed E-state index contributed by atoms with van der Waals surface area (Å²) < 4.78 is 18.8. The maximum absolute atomic E-state index is 13.2. The van der Waals surface area contributed by atoms with E-state index in [2.05, 4.69) is 15.9 Å². The van der Waals surface area contributed by atoms with Crippen LogP contribution in [0.3, 0.4) is 0 Å². The van der Waals surface area contributed by atoms with Crippen LogP contribution >= 0.6 is 15.9 Å². The summed E-state index contributed by atoms with van der Waals surface area (Å²) in [5, 5.41) is 0. The molecule has 100 valence electrons. The average Bonchev–Trinajstić information content (AvgIpc) is 2.85. The Bertz CT molecular complexity index is 599. The minimum absolute atomic E-state index is 0.0575. The SMILES string of the molecule is CN(Cc1ccco1)C(=O)c1cc(N)c(F)cc1Br. The van der Waals surface area contributed by atoms with Gasteiger partial charge in [0.05, 0.1) is 24.1 Å². The molecule has 0 aliphatic heterocycles. The number of nitrogens with zero attached hydrogens (tertiary/aromatic N) is 1. The highest BCUT2D eigenvalue weighted by atomic mass is 79.9. The van der Waals surface area contributed by atoms with Gasteiger partial charge in [-0.1, -0.05) is 0 Å². The fourth-order valence-corrected chi connectivity index (χ4v) is 2.13. The van der Waals surface area contributed by atoms with E-state index in [1.165, 1.54) is 17.0 Å². The fraction of sp³-hybridized carbons (Fsp3) is 0.154. The first-order valence-corrected chi connectivity index (χ1v) is 6.30. The number of amides is 1. The van der Waals surface area contributed by atoms with Crippen LogP contribution < -0.4 is 5.73 Å². The highest BCUT2D eigenvalue weighted by molar-refractivity contribution is 9.10. The van der Waals surface area contributed by atoms with Crippen molar-refractivity contribution in [3.63, 3.8) is 0 Å². The normalized spacial score (nSPS) is 10.5. The van der Waals surface area contributed by atoms with E-state index in [1.807, 2.05) is 0 Å². The van der Waals surface area contributed by atoms with Gasteiger partial charge in [-0.3, -0.25) is 4.79 Å². The van der Waals surface area contributed by atoms with Gasteiger partial charge >= 0.3 is 0 Å². The Kier molecular flexibility index (Phi) is 3.90. The number of furan rings is 1. The largest absolute Gasteiger partial charge is 0.467 e. The Morgan fingerprint density at radius 3 is 2.89 bits per heavy atom. The van der Waals surface area contributed by atoms with E-state index in [4.69, 9.17) is 10.2 Å². The van der Waals surface area contributed by atoms with Crippen LogP contribution in [0.2, 0.25) is 0 Å². The summed E-state index contributed by atoms with van der Waals surface area (Å²) in [4.78, 5) is 13.7. The fourth-order valence-electron chi connectivity index (χ4n) is 1.64. The molecule has 2 N–H and O–H groups in total. The Morgan fingerprint density at radius 2 is 2.26 bits per heavy atom. The number of carbonyl (C=O) groups is 1. The minimum atomic E-state index is -0.558. The number of nitrogen functional groups attached to an aromatic ring is 1. The molecule has 0 atom stereocenters. The van der Waals surface area contributed by atoms with Crippen LogP contribution in [0.4, 0.5) is 10.1 Å². The summed E-state index contributed by atoms with van der Waals surface area (Å²) in [7, 11) is 1.64. The zero-order chi connectivity index (χ0) is 14.0. The lowest BCUT2D eigenvalue weighted by atomic mass is 10.1. The van der Waals surface area contributed by atoms with E-state index < -0.39 is 5.82 Å². The second-order valence-corrected chi connectivity index (χ2v) is 4.95. The van der Waals surface area contributed by atoms with E-state index in [0.717, 1.165) is 0 Å². The van der Waals surface area contributed by atoms with E-state index in [1.54, 1.807) is 25.4 Å². The van der Waals surface area contributed by atoms with Crippen LogP contribution in [0.1, 0.15) is 16.1 Å². The molecule has 1 aromatic heterocycles. The molecule has 0 saturated carbocycles. The summed E-state index contributed by atoms with van der Waals surface area (Å²) in [6, 6.07) is 6.03. The molecule has 1 aromatic carbocycles. The smallest absolute Gasteiger partial charge is 0.255 e. The maximum Gasteiger partial charge on any atom is 0.255 e. The zero-order valence-corrected chi connectivity index (χ0v) is 11.8.